The zero-order valence-corrected chi connectivity index (χ0v) is 67.2. The Morgan fingerprint density at radius 2 is 0.510 bits per heavy atom. The third kappa shape index (κ3) is 75.7. The number of hydrogen-bond donors (Lipinski definition) is 3. The molecule has 0 spiro atoms. The highest BCUT2D eigenvalue weighted by atomic mass is 31.2. The van der Waals surface area contributed by atoms with Gasteiger partial charge in [0, 0.05) is 25.7 Å². The van der Waals surface area contributed by atoms with Crippen molar-refractivity contribution < 1.29 is 80.2 Å². The van der Waals surface area contributed by atoms with E-state index in [1.807, 2.05) is 0 Å². The fraction of sp³-hybridized carbons (Fsp3) is 0.718. The van der Waals surface area contributed by atoms with Gasteiger partial charge in [-0.1, -0.05) is 278 Å². The van der Waals surface area contributed by atoms with Crippen molar-refractivity contribution in [3.63, 3.8) is 0 Å². The van der Waals surface area contributed by atoms with Gasteiger partial charge in [-0.15, -0.1) is 0 Å². The smallest absolute Gasteiger partial charge is 0.462 e. The van der Waals surface area contributed by atoms with Crippen LogP contribution in [0.1, 0.15) is 336 Å². The summed E-state index contributed by atoms with van der Waals surface area (Å²) in [4.78, 5) is 73.0. The highest BCUT2D eigenvalue weighted by Crippen LogP contribution is 2.45. The van der Waals surface area contributed by atoms with Crippen LogP contribution in [-0.4, -0.2) is 96.7 Å². The third-order valence-electron chi connectivity index (χ3n) is 16.9. The van der Waals surface area contributed by atoms with E-state index in [4.69, 9.17) is 37.0 Å². The minimum Gasteiger partial charge on any atom is -0.462 e. The van der Waals surface area contributed by atoms with E-state index in [0.717, 1.165) is 205 Å². The molecule has 0 saturated carbocycles. The summed E-state index contributed by atoms with van der Waals surface area (Å²) in [6.07, 6.45) is 84.6. The summed E-state index contributed by atoms with van der Waals surface area (Å²) in [7, 11) is -9.97. The molecule has 0 bridgehead atoms. The van der Waals surface area contributed by atoms with Gasteiger partial charge in [0.15, 0.2) is 12.2 Å². The second-order valence-corrected chi connectivity index (χ2v) is 29.9. The molecule has 0 aliphatic rings. The van der Waals surface area contributed by atoms with Crippen molar-refractivity contribution in [3.05, 3.63) is 122 Å². The Bertz CT molecular complexity index is 2440. The standard InChI is InChI=1S/C85H146O17P2/c1-5-9-13-17-21-25-29-32-35-37-39-41-44-46-50-53-57-61-65-69-82(87)95-75-80(101-84(89)71-67-63-59-55-49-28-24-20-16-12-8-4)77-99-103(91,92)97-73-79(86)74-98-104(93,94)100-78-81(102-85(90)72-68-64-60-56-52-48-43-34-31-27-23-19-15-11-7-3)76-96-83(88)70-66-62-58-54-51-47-45-42-40-38-36-33-30-26-22-18-14-10-6-2/h9,13,20-27,32-36,39-43,79-81,86H,5-8,10-12,14-19,28-31,37-38,44-78H2,1-4H3,(H,91,92)(H,93,94)/b13-9-,24-20-,25-21-,26-22-,27-23-,35-32-,36-33-,41-39-,42-40-,43-34-. The van der Waals surface area contributed by atoms with Crippen LogP contribution >= 0.6 is 15.6 Å². The predicted molar refractivity (Wildman–Crippen MR) is 427 cm³/mol. The van der Waals surface area contributed by atoms with E-state index in [-0.39, 0.29) is 25.7 Å². The van der Waals surface area contributed by atoms with Crippen LogP contribution in [0.4, 0.5) is 0 Å². The zero-order valence-electron chi connectivity index (χ0n) is 65.4. The van der Waals surface area contributed by atoms with Gasteiger partial charge in [-0.25, -0.2) is 9.13 Å². The third-order valence-corrected chi connectivity index (χ3v) is 18.8. The van der Waals surface area contributed by atoms with Crippen LogP contribution in [0.15, 0.2) is 122 Å². The summed E-state index contributed by atoms with van der Waals surface area (Å²) < 4.78 is 68.6. The summed E-state index contributed by atoms with van der Waals surface area (Å²) in [6.45, 7) is 4.64. The molecule has 0 radical (unpaired) electrons. The van der Waals surface area contributed by atoms with Gasteiger partial charge in [0.1, 0.15) is 19.3 Å². The fourth-order valence-corrected chi connectivity index (χ4v) is 12.2. The minimum absolute atomic E-state index is 0.0744. The number of phosphoric ester groups is 2. The van der Waals surface area contributed by atoms with E-state index in [2.05, 4.69) is 149 Å². The van der Waals surface area contributed by atoms with Gasteiger partial charge in [-0.05, 0) is 154 Å². The summed E-state index contributed by atoms with van der Waals surface area (Å²) in [5, 5.41) is 10.6. The molecule has 0 rings (SSSR count). The van der Waals surface area contributed by atoms with Crippen LogP contribution in [-0.2, 0) is 65.4 Å². The Balaban J connectivity index is 5.34. The summed E-state index contributed by atoms with van der Waals surface area (Å²) in [5.41, 5.74) is 0. The number of unbranched alkanes of at least 4 members (excludes halogenated alkanes) is 30. The molecule has 3 N–H and O–H groups in total. The normalized spacial score (nSPS) is 14.5. The van der Waals surface area contributed by atoms with Crippen LogP contribution < -0.4 is 0 Å². The highest BCUT2D eigenvalue weighted by molar-refractivity contribution is 7.47. The van der Waals surface area contributed by atoms with Crippen LogP contribution in [0.25, 0.3) is 0 Å². The van der Waals surface area contributed by atoms with Crippen LogP contribution in [0.3, 0.4) is 0 Å². The Kier molecular flexibility index (Phi) is 73.3. The van der Waals surface area contributed by atoms with Crippen molar-refractivity contribution in [3.8, 4) is 0 Å². The molecule has 0 amide bonds. The molecule has 0 saturated heterocycles. The molecule has 598 valence electrons. The average Bonchev–Trinajstić information content (AvgIpc) is 0.931. The van der Waals surface area contributed by atoms with Gasteiger partial charge in [0.05, 0.1) is 26.4 Å². The quantitative estimate of drug-likeness (QED) is 0.0169. The van der Waals surface area contributed by atoms with Gasteiger partial charge in [0.25, 0.3) is 0 Å². The minimum atomic E-state index is -4.99. The molecule has 0 aromatic rings. The number of ether oxygens (including phenoxy) is 4. The number of rotatable bonds is 76. The molecule has 104 heavy (non-hydrogen) atoms. The summed E-state index contributed by atoms with van der Waals surface area (Å²) in [6, 6.07) is 0. The van der Waals surface area contributed by atoms with Crippen molar-refractivity contribution in [2.24, 2.45) is 0 Å². The lowest BCUT2D eigenvalue weighted by Gasteiger charge is -2.21. The van der Waals surface area contributed by atoms with Crippen LogP contribution in [0, 0.1) is 0 Å². The highest BCUT2D eigenvalue weighted by Gasteiger charge is 2.30. The number of aliphatic hydroxyl groups excluding tert-OH is 1. The van der Waals surface area contributed by atoms with E-state index < -0.39 is 97.5 Å². The van der Waals surface area contributed by atoms with Gasteiger partial charge < -0.3 is 33.8 Å². The molecule has 5 atom stereocenters. The first-order chi connectivity index (χ1) is 50.7. The second kappa shape index (κ2) is 76.6. The lowest BCUT2D eigenvalue weighted by Crippen LogP contribution is -2.30. The Morgan fingerprint density at radius 1 is 0.279 bits per heavy atom. The molecular weight excluding hydrogens is 1350 g/mol. The predicted octanol–water partition coefficient (Wildman–Crippen LogP) is 23.9. The molecule has 19 heteroatoms. The van der Waals surface area contributed by atoms with Crippen molar-refractivity contribution >= 4 is 39.5 Å². The van der Waals surface area contributed by atoms with Gasteiger partial charge in [-0.3, -0.25) is 37.3 Å². The number of aliphatic hydroxyl groups is 1. The molecular formula is C85H146O17P2. The Hall–Kier alpha value is -4.54. The Labute approximate surface area is 632 Å². The maximum Gasteiger partial charge on any atom is 0.472 e. The van der Waals surface area contributed by atoms with Crippen LogP contribution in [0.2, 0.25) is 0 Å². The molecule has 0 heterocycles. The summed E-state index contributed by atoms with van der Waals surface area (Å²) in [5.74, 6) is -2.22. The Morgan fingerprint density at radius 3 is 0.808 bits per heavy atom. The molecule has 0 aliphatic heterocycles. The maximum absolute atomic E-state index is 13.1. The topological polar surface area (TPSA) is 237 Å². The first-order valence-electron chi connectivity index (χ1n) is 40.8. The molecule has 0 aromatic heterocycles. The van der Waals surface area contributed by atoms with Gasteiger partial charge in [-0.2, -0.15) is 0 Å². The SMILES string of the molecule is CC/C=C\C/C=C\C/C=C\C/C=C\CCCCCCCCC(=O)OCC(COP(=O)(O)OCC(O)COP(=O)(O)OCC(COC(=O)CCCCCCCC/C=C\C/C=C\C/C=C\CCCCC)OC(=O)CCCCCCC/C=C\C/C=C\CCCCC)OC(=O)CCCCCCC/C=C\CCCC. The first kappa shape index (κ1) is 99.5. The van der Waals surface area contributed by atoms with E-state index in [1.54, 1.807) is 0 Å². The number of hydrogen-bond acceptors (Lipinski definition) is 15. The second-order valence-electron chi connectivity index (χ2n) is 27.0. The molecule has 0 fully saturated rings. The first-order valence-corrected chi connectivity index (χ1v) is 43.8. The number of carbonyl (C=O) groups is 4. The average molecular weight is 1500 g/mol. The lowest BCUT2D eigenvalue weighted by molar-refractivity contribution is -0.161. The van der Waals surface area contributed by atoms with Gasteiger partial charge >= 0.3 is 39.5 Å². The number of allylic oxidation sites excluding steroid dienone is 20. The monoisotopic (exact) mass is 1500 g/mol. The summed E-state index contributed by atoms with van der Waals surface area (Å²) >= 11 is 0. The largest absolute Gasteiger partial charge is 0.472 e. The number of phosphoric acid groups is 2. The number of carbonyl (C=O) groups excluding carboxylic acids is 4. The molecule has 0 aliphatic carbocycles. The maximum atomic E-state index is 13.1. The van der Waals surface area contributed by atoms with Crippen LogP contribution in [0.5, 0.6) is 0 Å². The fourth-order valence-electron chi connectivity index (χ4n) is 10.6. The van der Waals surface area contributed by atoms with E-state index in [0.29, 0.717) is 25.7 Å². The van der Waals surface area contributed by atoms with Gasteiger partial charge in [0.2, 0.25) is 0 Å². The van der Waals surface area contributed by atoms with E-state index >= 15 is 0 Å². The van der Waals surface area contributed by atoms with Crippen molar-refractivity contribution in [1.82, 2.24) is 0 Å². The molecule has 17 nitrogen and oxygen atoms in total. The van der Waals surface area contributed by atoms with Crippen molar-refractivity contribution in [1.29, 1.82) is 0 Å². The number of esters is 4. The van der Waals surface area contributed by atoms with E-state index in [9.17, 15) is 43.2 Å². The van der Waals surface area contributed by atoms with E-state index in [1.165, 1.54) is 51.4 Å². The van der Waals surface area contributed by atoms with Crippen molar-refractivity contribution in [2.45, 2.75) is 354 Å². The molecule has 0 aromatic carbocycles. The zero-order chi connectivity index (χ0) is 76.0. The van der Waals surface area contributed by atoms with Crippen molar-refractivity contribution in [2.75, 3.05) is 39.6 Å². The lowest BCUT2D eigenvalue weighted by atomic mass is 10.1. The molecule has 5 unspecified atom stereocenters.